The molecule has 2 aromatic carbocycles. The molecular weight excluding hydrogens is 338 g/mol. The molecule has 0 aliphatic carbocycles. The number of carbonyl (C=O) groups excluding carboxylic acids is 1. The highest BCUT2D eigenvalue weighted by Crippen LogP contribution is 2.20. The molecule has 0 heterocycles. The summed E-state index contributed by atoms with van der Waals surface area (Å²) in [5, 5.41) is 21.1. The highest BCUT2D eigenvalue weighted by Gasteiger charge is 2.15. The summed E-state index contributed by atoms with van der Waals surface area (Å²) in [5.74, 6) is -0.580. The van der Waals surface area contributed by atoms with Gasteiger partial charge in [-0.25, -0.2) is 0 Å². The smallest absolute Gasteiger partial charge is 0.303 e. The van der Waals surface area contributed by atoms with E-state index in [0.29, 0.717) is 12.8 Å². The van der Waals surface area contributed by atoms with E-state index in [1.807, 2.05) is 30.3 Å². The van der Waals surface area contributed by atoms with Gasteiger partial charge in [0, 0.05) is 17.4 Å². The van der Waals surface area contributed by atoms with Gasteiger partial charge >= 0.3 is 5.97 Å². The molecule has 0 aliphatic rings. The average Bonchev–Trinajstić information content (AvgIpc) is 2.60. The molecule has 0 aromatic heterocycles. The van der Waals surface area contributed by atoms with Gasteiger partial charge in [0.25, 0.3) is 0 Å². The lowest BCUT2D eigenvalue weighted by atomic mass is 10.0. The lowest BCUT2D eigenvalue weighted by Crippen LogP contribution is -2.38. The van der Waals surface area contributed by atoms with E-state index in [-0.39, 0.29) is 29.9 Å². The zero-order valence-corrected chi connectivity index (χ0v) is 14.5. The monoisotopic (exact) mass is 359 g/mol. The van der Waals surface area contributed by atoms with E-state index in [2.05, 4.69) is 5.32 Å². The van der Waals surface area contributed by atoms with Crippen molar-refractivity contribution in [2.75, 3.05) is 5.75 Å². The number of carboxylic acids is 1. The molecule has 0 radical (unpaired) electrons. The number of nitrogens with one attached hydrogen (secondary N) is 1. The second-order valence-electron chi connectivity index (χ2n) is 5.67. The summed E-state index contributed by atoms with van der Waals surface area (Å²) >= 11 is 1.37. The van der Waals surface area contributed by atoms with Gasteiger partial charge in [-0.15, -0.1) is 11.8 Å². The molecule has 0 saturated carbocycles. The molecule has 2 rings (SSSR count). The van der Waals surface area contributed by atoms with Gasteiger partial charge in [0.15, 0.2) is 0 Å². The zero-order valence-electron chi connectivity index (χ0n) is 13.7. The summed E-state index contributed by atoms with van der Waals surface area (Å²) in [6.45, 7) is 0. The number of aliphatic carboxylic acids is 1. The van der Waals surface area contributed by atoms with Crippen LogP contribution in [-0.2, 0) is 16.0 Å². The number of phenols is 1. The van der Waals surface area contributed by atoms with Crippen molar-refractivity contribution in [3.63, 3.8) is 0 Å². The van der Waals surface area contributed by atoms with Crippen molar-refractivity contribution in [1.29, 1.82) is 0 Å². The van der Waals surface area contributed by atoms with Gasteiger partial charge in [-0.05, 0) is 42.7 Å². The molecule has 5 nitrogen and oxygen atoms in total. The summed E-state index contributed by atoms with van der Waals surface area (Å²) in [5.41, 5.74) is 1.06. The third kappa shape index (κ3) is 7.30. The molecule has 1 amide bonds. The Morgan fingerprint density at radius 2 is 1.72 bits per heavy atom. The lowest BCUT2D eigenvalue weighted by Gasteiger charge is -2.18. The van der Waals surface area contributed by atoms with E-state index in [0.717, 1.165) is 10.5 Å². The molecule has 2 aromatic rings. The van der Waals surface area contributed by atoms with E-state index in [9.17, 15) is 14.7 Å². The van der Waals surface area contributed by atoms with Crippen molar-refractivity contribution < 1.29 is 19.8 Å². The Hall–Kier alpha value is -2.47. The Kier molecular flexibility index (Phi) is 7.35. The van der Waals surface area contributed by atoms with Crippen molar-refractivity contribution >= 4 is 23.6 Å². The maximum atomic E-state index is 12.2. The van der Waals surface area contributed by atoms with E-state index >= 15 is 0 Å². The standard InChI is InChI=1S/C19H21NO4S/c21-16-7-9-17(10-8-16)25-13-18(22)20-15(6-11-19(23)24)12-14-4-2-1-3-5-14/h1-5,7-10,15,21H,6,11-13H2,(H,20,22)(H,23,24). The minimum atomic E-state index is -0.870. The minimum Gasteiger partial charge on any atom is -0.508 e. The van der Waals surface area contributed by atoms with Crippen molar-refractivity contribution in [3.8, 4) is 5.75 Å². The molecule has 0 spiro atoms. The number of hydrogen-bond donors (Lipinski definition) is 3. The van der Waals surface area contributed by atoms with Crippen LogP contribution in [0.2, 0.25) is 0 Å². The average molecular weight is 359 g/mol. The Labute approximate surface area is 151 Å². The zero-order chi connectivity index (χ0) is 18.1. The van der Waals surface area contributed by atoms with Crippen LogP contribution in [0.15, 0.2) is 59.5 Å². The van der Waals surface area contributed by atoms with Crippen LogP contribution in [0.4, 0.5) is 0 Å². The normalized spacial score (nSPS) is 11.7. The summed E-state index contributed by atoms with van der Waals surface area (Å²) < 4.78 is 0. The van der Waals surface area contributed by atoms with E-state index in [1.165, 1.54) is 11.8 Å². The lowest BCUT2D eigenvalue weighted by molar-refractivity contribution is -0.137. The quantitative estimate of drug-likeness (QED) is 0.599. The Morgan fingerprint density at radius 1 is 1.04 bits per heavy atom. The SMILES string of the molecule is O=C(O)CCC(Cc1ccccc1)NC(=O)CSc1ccc(O)cc1. The molecule has 0 bridgehead atoms. The van der Waals surface area contributed by atoms with Crippen molar-refractivity contribution in [1.82, 2.24) is 5.32 Å². The van der Waals surface area contributed by atoms with Crippen LogP contribution in [0.1, 0.15) is 18.4 Å². The van der Waals surface area contributed by atoms with Crippen LogP contribution >= 0.6 is 11.8 Å². The van der Waals surface area contributed by atoms with Crippen LogP contribution in [0.3, 0.4) is 0 Å². The van der Waals surface area contributed by atoms with Gasteiger partial charge in [-0.1, -0.05) is 30.3 Å². The molecule has 6 heteroatoms. The van der Waals surface area contributed by atoms with Crippen molar-refractivity contribution in [2.24, 2.45) is 0 Å². The fourth-order valence-electron chi connectivity index (χ4n) is 2.38. The summed E-state index contributed by atoms with van der Waals surface area (Å²) in [4.78, 5) is 23.9. The fraction of sp³-hybridized carbons (Fsp3) is 0.263. The molecule has 0 fully saturated rings. The molecule has 1 unspecified atom stereocenters. The number of amides is 1. The van der Waals surface area contributed by atoms with Crippen molar-refractivity contribution in [3.05, 3.63) is 60.2 Å². The predicted octanol–water partition coefficient (Wildman–Crippen LogP) is 3.08. The Bertz CT molecular complexity index is 688. The van der Waals surface area contributed by atoms with Crippen LogP contribution in [0, 0.1) is 0 Å². The van der Waals surface area contributed by atoms with Crippen LogP contribution in [-0.4, -0.2) is 33.9 Å². The topological polar surface area (TPSA) is 86.6 Å². The van der Waals surface area contributed by atoms with Crippen LogP contribution < -0.4 is 5.32 Å². The first kappa shape index (κ1) is 18.9. The van der Waals surface area contributed by atoms with Crippen LogP contribution in [0.25, 0.3) is 0 Å². The number of rotatable bonds is 9. The molecule has 25 heavy (non-hydrogen) atoms. The maximum Gasteiger partial charge on any atom is 0.303 e. The third-order valence-corrected chi connectivity index (χ3v) is 4.62. The van der Waals surface area contributed by atoms with E-state index in [4.69, 9.17) is 5.11 Å². The number of aromatic hydroxyl groups is 1. The number of thioether (sulfide) groups is 1. The number of benzene rings is 2. The Morgan fingerprint density at radius 3 is 2.36 bits per heavy atom. The fourth-order valence-corrected chi connectivity index (χ4v) is 3.09. The molecule has 132 valence electrons. The number of hydrogen-bond acceptors (Lipinski definition) is 4. The first-order chi connectivity index (χ1) is 12.0. The van der Waals surface area contributed by atoms with Crippen LogP contribution in [0.5, 0.6) is 5.75 Å². The summed E-state index contributed by atoms with van der Waals surface area (Å²) in [6, 6.07) is 16.1. The second kappa shape index (κ2) is 9.74. The third-order valence-electron chi connectivity index (χ3n) is 3.60. The van der Waals surface area contributed by atoms with Gasteiger partial charge in [0.2, 0.25) is 5.91 Å². The predicted molar refractivity (Wildman–Crippen MR) is 97.8 cm³/mol. The van der Waals surface area contributed by atoms with Gasteiger partial charge in [0.05, 0.1) is 5.75 Å². The van der Waals surface area contributed by atoms with Gasteiger partial charge in [-0.2, -0.15) is 0 Å². The summed E-state index contributed by atoms with van der Waals surface area (Å²) in [7, 11) is 0. The molecule has 3 N–H and O–H groups in total. The summed E-state index contributed by atoms with van der Waals surface area (Å²) in [6.07, 6.45) is 1.01. The first-order valence-electron chi connectivity index (χ1n) is 8.00. The highest BCUT2D eigenvalue weighted by molar-refractivity contribution is 8.00. The molecular formula is C19H21NO4S. The molecule has 1 atom stereocenters. The molecule has 0 saturated heterocycles. The Balaban J connectivity index is 1.88. The highest BCUT2D eigenvalue weighted by atomic mass is 32.2. The van der Waals surface area contributed by atoms with Gasteiger partial charge < -0.3 is 15.5 Å². The minimum absolute atomic E-state index is 0.0168. The van der Waals surface area contributed by atoms with Gasteiger partial charge in [-0.3, -0.25) is 9.59 Å². The largest absolute Gasteiger partial charge is 0.508 e. The van der Waals surface area contributed by atoms with Gasteiger partial charge in [0.1, 0.15) is 5.75 Å². The maximum absolute atomic E-state index is 12.2. The van der Waals surface area contributed by atoms with Crippen molar-refractivity contribution in [2.45, 2.75) is 30.2 Å². The molecule has 0 aliphatic heterocycles. The number of carboxylic acid groups (broad SMARTS) is 1. The number of carbonyl (C=O) groups is 2. The first-order valence-corrected chi connectivity index (χ1v) is 8.98. The van der Waals surface area contributed by atoms with E-state index < -0.39 is 5.97 Å². The second-order valence-corrected chi connectivity index (χ2v) is 6.72. The number of phenolic OH excluding ortho intramolecular Hbond substituents is 1. The van der Waals surface area contributed by atoms with E-state index in [1.54, 1.807) is 24.3 Å².